The molecule has 0 spiro atoms. The molecule has 14 heavy (non-hydrogen) atoms. The van der Waals surface area contributed by atoms with Crippen molar-refractivity contribution in [1.82, 2.24) is 4.90 Å². The van der Waals surface area contributed by atoms with E-state index in [-0.39, 0.29) is 0 Å². The molecule has 2 N–H and O–H groups in total. The number of hydrogen-bond donors (Lipinski definition) is 1. The zero-order valence-corrected chi connectivity index (χ0v) is 8.48. The third-order valence-electron chi connectivity index (χ3n) is 4.02. The smallest absolute Gasteiger partial charge is 0.223 e. The minimum absolute atomic E-state index is 0.336. The first-order valence-electron chi connectivity index (χ1n) is 5.82. The Balaban J connectivity index is 1.80. The van der Waals surface area contributed by atoms with Crippen molar-refractivity contribution in [2.24, 2.45) is 11.7 Å². The van der Waals surface area contributed by atoms with Crippen LogP contribution in [-0.4, -0.2) is 28.9 Å². The van der Waals surface area contributed by atoms with E-state index in [9.17, 15) is 4.79 Å². The summed E-state index contributed by atoms with van der Waals surface area (Å²) in [5.41, 5.74) is 5.98. The maximum Gasteiger partial charge on any atom is 0.223 e. The van der Waals surface area contributed by atoms with Gasteiger partial charge in [-0.2, -0.15) is 0 Å². The molecule has 1 saturated heterocycles. The highest BCUT2D eigenvalue weighted by Gasteiger charge is 2.47. The fraction of sp³-hybridized carbons (Fsp3) is 0.909. The summed E-state index contributed by atoms with van der Waals surface area (Å²) in [6.45, 7) is 0. The van der Waals surface area contributed by atoms with Gasteiger partial charge in [-0.25, -0.2) is 0 Å². The molecule has 3 unspecified atom stereocenters. The van der Waals surface area contributed by atoms with Gasteiger partial charge in [0.25, 0.3) is 0 Å². The molecule has 1 amide bonds. The Bertz CT molecular complexity index is 262. The lowest BCUT2D eigenvalue weighted by Crippen LogP contribution is -2.44. The monoisotopic (exact) mass is 194 g/mol. The molecule has 78 valence electrons. The zero-order valence-electron chi connectivity index (χ0n) is 8.48. The molecule has 3 rings (SSSR count). The standard InChI is InChI=1S/C11H18N2O/c12-8-2-1-7-5-11(14)13(9-3-4-9)10(7)6-8/h7-10H,1-6,12H2. The summed E-state index contributed by atoms with van der Waals surface area (Å²) in [4.78, 5) is 14.0. The average Bonchev–Trinajstić information content (AvgIpc) is 2.90. The van der Waals surface area contributed by atoms with E-state index in [0.717, 1.165) is 19.3 Å². The lowest BCUT2D eigenvalue weighted by molar-refractivity contribution is -0.129. The van der Waals surface area contributed by atoms with Crippen LogP contribution in [0.4, 0.5) is 0 Å². The van der Waals surface area contributed by atoms with E-state index in [2.05, 4.69) is 4.90 Å². The van der Waals surface area contributed by atoms with Gasteiger partial charge in [-0.15, -0.1) is 0 Å². The second-order valence-electron chi connectivity index (χ2n) is 5.14. The molecule has 3 aliphatic rings. The lowest BCUT2D eigenvalue weighted by Gasteiger charge is -2.34. The normalized spacial score (nSPS) is 42.8. The predicted octanol–water partition coefficient (Wildman–Crippen LogP) is 0.877. The van der Waals surface area contributed by atoms with Gasteiger partial charge < -0.3 is 10.6 Å². The van der Waals surface area contributed by atoms with Crippen LogP contribution in [0.5, 0.6) is 0 Å². The number of carbonyl (C=O) groups is 1. The molecule has 3 heteroatoms. The van der Waals surface area contributed by atoms with Crippen molar-refractivity contribution in [3.05, 3.63) is 0 Å². The van der Waals surface area contributed by atoms with Crippen LogP contribution in [0.15, 0.2) is 0 Å². The summed E-state index contributed by atoms with van der Waals surface area (Å²) in [6, 6.07) is 1.42. The highest BCUT2D eigenvalue weighted by Crippen LogP contribution is 2.42. The predicted molar refractivity (Wildman–Crippen MR) is 53.6 cm³/mol. The molecule has 0 radical (unpaired) electrons. The minimum Gasteiger partial charge on any atom is -0.336 e. The molecule has 3 nitrogen and oxygen atoms in total. The SMILES string of the molecule is NC1CCC2CC(=O)N(C3CC3)C2C1. The number of nitrogens with zero attached hydrogens (tertiary/aromatic N) is 1. The number of rotatable bonds is 1. The van der Waals surface area contributed by atoms with E-state index in [1.807, 2.05) is 0 Å². The quantitative estimate of drug-likeness (QED) is 0.673. The molecule has 0 bridgehead atoms. The van der Waals surface area contributed by atoms with E-state index < -0.39 is 0 Å². The van der Waals surface area contributed by atoms with Crippen molar-refractivity contribution in [3.63, 3.8) is 0 Å². The summed E-state index contributed by atoms with van der Waals surface area (Å²) in [6.07, 6.45) is 6.59. The first kappa shape index (κ1) is 8.72. The fourth-order valence-electron chi connectivity index (χ4n) is 3.16. The van der Waals surface area contributed by atoms with Crippen LogP contribution < -0.4 is 5.73 Å². The summed E-state index contributed by atoms with van der Waals surface area (Å²) >= 11 is 0. The lowest BCUT2D eigenvalue weighted by atomic mass is 9.82. The van der Waals surface area contributed by atoms with E-state index in [0.29, 0.717) is 30.0 Å². The molecule has 0 aromatic carbocycles. The summed E-state index contributed by atoms with van der Waals surface area (Å²) < 4.78 is 0. The van der Waals surface area contributed by atoms with Crippen molar-refractivity contribution in [1.29, 1.82) is 0 Å². The highest BCUT2D eigenvalue weighted by atomic mass is 16.2. The molecule has 2 aliphatic carbocycles. The van der Waals surface area contributed by atoms with E-state index in [4.69, 9.17) is 5.73 Å². The molecule has 0 aromatic rings. The van der Waals surface area contributed by atoms with Crippen molar-refractivity contribution < 1.29 is 4.79 Å². The minimum atomic E-state index is 0.336. The molecular weight excluding hydrogens is 176 g/mol. The van der Waals surface area contributed by atoms with Crippen LogP contribution in [0, 0.1) is 5.92 Å². The number of amides is 1. The number of nitrogens with two attached hydrogens (primary N) is 1. The van der Waals surface area contributed by atoms with Gasteiger partial charge in [0, 0.05) is 24.5 Å². The van der Waals surface area contributed by atoms with Gasteiger partial charge >= 0.3 is 0 Å². The van der Waals surface area contributed by atoms with Crippen LogP contribution in [0.25, 0.3) is 0 Å². The Morgan fingerprint density at radius 3 is 2.71 bits per heavy atom. The zero-order chi connectivity index (χ0) is 9.71. The van der Waals surface area contributed by atoms with E-state index >= 15 is 0 Å². The Morgan fingerprint density at radius 1 is 1.21 bits per heavy atom. The topological polar surface area (TPSA) is 46.3 Å². The highest BCUT2D eigenvalue weighted by molar-refractivity contribution is 5.80. The van der Waals surface area contributed by atoms with Crippen LogP contribution in [-0.2, 0) is 4.79 Å². The van der Waals surface area contributed by atoms with Gasteiger partial charge in [-0.3, -0.25) is 4.79 Å². The first-order valence-corrected chi connectivity index (χ1v) is 5.82. The van der Waals surface area contributed by atoms with Gasteiger partial charge in [0.05, 0.1) is 0 Å². The number of carbonyl (C=O) groups excluding carboxylic acids is 1. The Labute approximate surface area is 84.6 Å². The van der Waals surface area contributed by atoms with Gasteiger partial charge in [0.15, 0.2) is 0 Å². The van der Waals surface area contributed by atoms with Gasteiger partial charge in [-0.1, -0.05) is 0 Å². The molecule has 2 saturated carbocycles. The summed E-state index contributed by atoms with van der Waals surface area (Å²) in [5, 5.41) is 0. The van der Waals surface area contributed by atoms with Crippen molar-refractivity contribution in [2.75, 3.05) is 0 Å². The van der Waals surface area contributed by atoms with Crippen molar-refractivity contribution in [3.8, 4) is 0 Å². The third kappa shape index (κ3) is 1.26. The van der Waals surface area contributed by atoms with Crippen LogP contribution in [0.1, 0.15) is 38.5 Å². The number of hydrogen-bond acceptors (Lipinski definition) is 2. The van der Waals surface area contributed by atoms with Gasteiger partial charge in [0.2, 0.25) is 5.91 Å². The van der Waals surface area contributed by atoms with Crippen LogP contribution in [0.3, 0.4) is 0 Å². The Hall–Kier alpha value is -0.570. The largest absolute Gasteiger partial charge is 0.336 e. The van der Waals surface area contributed by atoms with E-state index in [1.54, 1.807) is 0 Å². The maximum atomic E-state index is 11.8. The van der Waals surface area contributed by atoms with Crippen LogP contribution in [0.2, 0.25) is 0 Å². The average molecular weight is 194 g/mol. The van der Waals surface area contributed by atoms with Gasteiger partial charge in [0.1, 0.15) is 0 Å². The molecule has 3 fully saturated rings. The maximum absolute atomic E-state index is 11.8. The van der Waals surface area contributed by atoms with E-state index in [1.165, 1.54) is 19.3 Å². The second-order valence-corrected chi connectivity index (χ2v) is 5.14. The molecular formula is C11H18N2O. The Kier molecular flexibility index (Phi) is 1.84. The molecule has 3 atom stereocenters. The first-order chi connectivity index (χ1) is 6.75. The Morgan fingerprint density at radius 2 is 2.00 bits per heavy atom. The molecule has 1 aliphatic heterocycles. The van der Waals surface area contributed by atoms with Crippen LogP contribution >= 0.6 is 0 Å². The van der Waals surface area contributed by atoms with Gasteiger partial charge in [-0.05, 0) is 38.0 Å². The fourth-order valence-corrected chi connectivity index (χ4v) is 3.16. The van der Waals surface area contributed by atoms with Crippen molar-refractivity contribution >= 4 is 5.91 Å². The van der Waals surface area contributed by atoms with Crippen molar-refractivity contribution in [2.45, 2.75) is 56.7 Å². The molecule has 1 heterocycles. The second kappa shape index (κ2) is 2.96. The molecule has 0 aromatic heterocycles. The number of fused-ring (bicyclic) bond motifs is 1. The number of likely N-dealkylation sites (tertiary alicyclic amines) is 1. The summed E-state index contributed by atoms with van der Waals surface area (Å²) in [7, 11) is 0. The third-order valence-corrected chi connectivity index (χ3v) is 4.02. The summed E-state index contributed by atoms with van der Waals surface area (Å²) in [5.74, 6) is 1.03.